The van der Waals surface area contributed by atoms with Crippen molar-refractivity contribution in [3.05, 3.63) is 40.4 Å². The summed E-state index contributed by atoms with van der Waals surface area (Å²) < 4.78 is 1.60. The van der Waals surface area contributed by atoms with Crippen LogP contribution in [-0.4, -0.2) is 26.4 Å². The van der Waals surface area contributed by atoms with E-state index in [1.165, 1.54) is 0 Å². The number of carbonyl (C=O) groups is 1. The van der Waals surface area contributed by atoms with Crippen molar-refractivity contribution < 1.29 is 4.79 Å². The fraction of sp³-hybridized carbons (Fsp3) is 0.550. The third-order valence-electron chi connectivity index (χ3n) is 4.63. The van der Waals surface area contributed by atoms with Gasteiger partial charge in [0.05, 0.1) is 16.9 Å². The Bertz CT molecular complexity index is 795. The van der Waals surface area contributed by atoms with Crippen LogP contribution in [0.25, 0.3) is 10.9 Å². The molecule has 25 heavy (non-hydrogen) atoms. The molecule has 1 atom stereocenters. The minimum atomic E-state index is -0.202. The second kappa shape index (κ2) is 8.28. The second-order valence-corrected chi connectivity index (χ2v) is 6.77. The van der Waals surface area contributed by atoms with Gasteiger partial charge in [-0.2, -0.15) is 0 Å². The number of fused-ring (bicyclic) bond motifs is 1. The first-order valence-electron chi connectivity index (χ1n) is 9.19. The van der Waals surface area contributed by atoms with E-state index in [4.69, 9.17) is 4.98 Å². The smallest absolute Gasteiger partial charge is 0.261 e. The number of rotatable bonds is 7. The highest BCUT2D eigenvalue weighted by atomic mass is 16.2. The largest absolute Gasteiger partial charge is 0.330 e. The molecule has 2 aromatic rings. The molecule has 1 amide bonds. The summed E-state index contributed by atoms with van der Waals surface area (Å²) in [6.07, 6.45) is 3.12. The summed E-state index contributed by atoms with van der Waals surface area (Å²) in [5.74, 6) is 0.788. The molecule has 1 heterocycles. The van der Waals surface area contributed by atoms with Crippen molar-refractivity contribution in [3.8, 4) is 0 Å². The van der Waals surface area contributed by atoms with Crippen molar-refractivity contribution in [1.29, 1.82) is 0 Å². The summed E-state index contributed by atoms with van der Waals surface area (Å²) in [5.41, 5.74) is 0.618. The van der Waals surface area contributed by atoms with E-state index in [0.717, 1.165) is 12.8 Å². The Hall–Kier alpha value is -2.17. The van der Waals surface area contributed by atoms with Gasteiger partial charge in [0.25, 0.3) is 5.56 Å². The Morgan fingerprint density at radius 3 is 2.52 bits per heavy atom. The van der Waals surface area contributed by atoms with Gasteiger partial charge in [0, 0.05) is 19.5 Å². The van der Waals surface area contributed by atoms with E-state index in [1.807, 2.05) is 43.9 Å². The van der Waals surface area contributed by atoms with Crippen LogP contribution in [0.15, 0.2) is 29.1 Å². The maximum absolute atomic E-state index is 12.8. The number of para-hydroxylation sites is 1. The molecule has 0 aliphatic rings. The molecule has 0 aliphatic heterocycles. The molecule has 1 aromatic carbocycles. The number of carbonyl (C=O) groups excluding carboxylic acids is 1. The summed E-state index contributed by atoms with van der Waals surface area (Å²) in [6.45, 7) is 8.16. The highest BCUT2D eigenvalue weighted by Crippen LogP contribution is 2.26. The topological polar surface area (TPSA) is 55.2 Å². The number of unbranched alkanes of at least 4 members (excludes halogenated alkanes) is 1. The first-order chi connectivity index (χ1) is 11.9. The van der Waals surface area contributed by atoms with Gasteiger partial charge in [-0.15, -0.1) is 0 Å². The zero-order valence-corrected chi connectivity index (χ0v) is 16.0. The highest BCUT2D eigenvalue weighted by molar-refractivity contribution is 5.78. The molecule has 2 rings (SSSR count). The molecule has 0 bridgehead atoms. The number of benzene rings is 1. The Labute approximate surface area is 149 Å². The summed E-state index contributed by atoms with van der Waals surface area (Å²) in [5, 5.41) is 0.608. The molecule has 0 spiro atoms. The summed E-state index contributed by atoms with van der Waals surface area (Å²) >= 11 is 0. The number of nitrogens with zero attached hydrogens (tertiary/aromatic N) is 3. The summed E-state index contributed by atoms with van der Waals surface area (Å²) in [4.78, 5) is 32.1. The van der Waals surface area contributed by atoms with Crippen LogP contribution in [0.3, 0.4) is 0 Å². The Morgan fingerprint density at radius 1 is 1.24 bits per heavy atom. The third kappa shape index (κ3) is 3.91. The van der Waals surface area contributed by atoms with Crippen LogP contribution in [0.1, 0.15) is 65.2 Å². The van der Waals surface area contributed by atoms with Gasteiger partial charge < -0.3 is 4.90 Å². The van der Waals surface area contributed by atoms with Gasteiger partial charge >= 0.3 is 0 Å². The van der Waals surface area contributed by atoms with E-state index in [1.54, 1.807) is 17.7 Å². The molecule has 136 valence electrons. The Morgan fingerprint density at radius 2 is 1.92 bits per heavy atom. The molecule has 5 heteroatoms. The fourth-order valence-electron chi connectivity index (χ4n) is 3.32. The quantitative estimate of drug-likeness (QED) is 0.768. The van der Waals surface area contributed by atoms with E-state index in [2.05, 4.69) is 6.92 Å². The van der Waals surface area contributed by atoms with Gasteiger partial charge in [-0.25, -0.2) is 4.98 Å². The van der Waals surface area contributed by atoms with Crippen LogP contribution in [0.2, 0.25) is 0 Å². The van der Waals surface area contributed by atoms with Crippen LogP contribution in [0.5, 0.6) is 0 Å². The van der Waals surface area contributed by atoms with Gasteiger partial charge in [0.15, 0.2) is 0 Å². The zero-order valence-electron chi connectivity index (χ0n) is 16.0. The Kier molecular flexibility index (Phi) is 6.34. The molecule has 1 aromatic heterocycles. The van der Waals surface area contributed by atoms with Crippen molar-refractivity contribution in [2.45, 2.75) is 65.5 Å². The standard InChI is InChI=1S/C20H29N3O2/c1-6-8-13-18(24)23(14(3)4)17(7-2)19-21-16-12-10-9-11-15(16)20(25)22(19)5/h9-12,14,17H,6-8,13H2,1-5H3. The van der Waals surface area contributed by atoms with E-state index in [9.17, 15) is 9.59 Å². The average molecular weight is 343 g/mol. The molecule has 0 N–H and O–H groups in total. The maximum atomic E-state index is 12.8. The molecular formula is C20H29N3O2. The normalized spacial score (nSPS) is 12.6. The van der Waals surface area contributed by atoms with Crippen molar-refractivity contribution in [3.63, 3.8) is 0 Å². The van der Waals surface area contributed by atoms with Gasteiger partial charge in [0.2, 0.25) is 5.91 Å². The predicted octanol–water partition coefficient (Wildman–Crippen LogP) is 3.81. The highest BCUT2D eigenvalue weighted by Gasteiger charge is 2.29. The predicted molar refractivity (Wildman–Crippen MR) is 102 cm³/mol. The lowest BCUT2D eigenvalue weighted by atomic mass is 10.1. The van der Waals surface area contributed by atoms with Gasteiger partial charge in [-0.05, 0) is 38.8 Å². The second-order valence-electron chi connectivity index (χ2n) is 6.77. The first-order valence-corrected chi connectivity index (χ1v) is 9.19. The van der Waals surface area contributed by atoms with E-state index in [-0.39, 0.29) is 23.6 Å². The van der Waals surface area contributed by atoms with Gasteiger partial charge in [0.1, 0.15) is 5.82 Å². The maximum Gasteiger partial charge on any atom is 0.261 e. The van der Waals surface area contributed by atoms with Crippen LogP contribution in [0.4, 0.5) is 0 Å². The van der Waals surface area contributed by atoms with Crippen LogP contribution in [-0.2, 0) is 11.8 Å². The monoisotopic (exact) mass is 343 g/mol. The number of amides is 1. The van der Waals surface area contributed by atoms with Crippen LogP contribution in [0, 0.1) is 0 Å². The number of hydrogen-bond acceptors (Lipinski definition) is 3. The zero-order chi connectivity index (χ0) is 18.6. The lowest BCUT2D eigenvalue weighted by Gasteiger charge is -2.35. The number of hydrogen-bond donors (Lipinski definition) is 0. The number of aromatic nitrogens is 2. The molecule has 0 radical (unpaired) electrons. The van der Waals surface area contributed by atoms with E-state index in [0.29, 0.717) is 29.6 Å². The summed E-state index contributed by atoms with van der Waals surface area (Å²) in [6, 6.07) is 7.22. The fourth-order valence-corrected chi connectivity index (χ4v) is 3.32. The molecule has 0 saturated carbocycles. The molecule has 0 fully saturated rings. The Balaban J connectivity index is 2.55. The molecule has 1 unspecified atom stereocenters. The molecule has 5 nitrogen and oxygen atoms in total. The van der Waals surface area contributed by atoms with Crippen molar-refractivity contribution in [2.75, 3.05) is 0 Å². The van der Waals surface area contributed by atoms with Gasteiger partial charge in [-0.3, -0.25) is 14.2 Å². The lowest BCUT2D eigenvalue weighted by Crippen LogP contribution is -2.42. The average Bonchev–Trinajstić information content (AvgIpc) is 2.60. The molecule has 0 aliphatic carbocycles. The summed E-state index contributed by atoms with van der Waals surface area (Å²) in [7, 11) is 1.74. The van der Waals surface area contributed by atoms with Gasteiger partial charge in [-0.1, -0.05) is 32.4 Å². The SMILES string of the molecule is CCCCC(=O)N(C(C)C)C(CC)c1nc2ccccc2c(=O)n1C. The molecule has 0 saturated heterocycles. The molecular weight excluding hydrogens is 314 g/mol. The van der Waals surface area contributed by atoms with Crippen LogP contribution < -0.4 is 5.56 Å². The van der Waals surface area contributed by atoms with Crippen molar-refractivity contribution >= 4 is 16.8 Å². The minimum Gasteiger partial charge on any atom is -0.330 e. The minimum absolute atomic E-state index is 0.0534. The third-order valence-corrected chi connectivity index (χ3v) is 4.63. The lowest BCUT2D eigenvalue weighted by molar-refractivity contribution is -0.136. The van der Waals surface area contributed by atoms with E-state index < -0.39 is 0 Å². The van der Waals surface area contributed by atoms with Crippen molar-refractivity contribution in [2.24, 2.45) is 7.05 Å². The van der Waals surface area contributed by atoms with Crippen LogP contribution >= 0.6 is 0 Å². The first kappa shape index (κ1) is 19.2. The van der Waals surface area contributed by atoms with E-state index >= 15 is 0 Å². The van der Waals surface area contributed by atoms with Crippen molar-refractivity contribution in [1.82, 2.24) is 14.5 Å².